The van der Waals surface area contributed by atoms with Crippen molar-refractivity contribution in [1.29, 1.82) is 0 Å². The molecule has 1 aliphatic rings. The predicted octanol–water partition coefficient (Wildman–Crippen LogP) is 2.80. The number of ether oxygens (including phenoxy) is 1. The van der Waals surface area contributed by atoms with Gasteiger partial charge in [0, 0.05) is 18.7 Å². The van der Waals surface area contributed by atoms with Gasteiger partial charge in [-0.05, 0) is 37.6 Å². The van der Waals surface area contributed by atoms with E-state index >= 15 is 0 Å². The smallest absolute Gasteiger partial charge is 0.240 e. The number of unbranched alkanes of at least 4 members (excludes halogenated alkanes) is 1. The van der Waals surface area contributed by atoms with Crippen molar-refractivity contribution in [1.82, 2.24) is 5.32 Å². The van der Waals surface area contributed by atoms with Crippen molar-refractivity contribution in [2.24, 2.45) is 4.99 Å². The van der Waals surface area contributed by atoms with Gasteiger partial charge in [-0.3, -0.25) is 14.6 Å². The third-order valence-electron chi connectivity index (χ3n) is 3.36. The fourth-order valence-corrected chi connectivity index (χ4v) is 3.13. The van der Waals surface area contributed by atoms with Gasteiger partial charge >= 0.3 is 0 Å². The molecule has 1 unspecified atom stereocenters. The van der Waals surface area contributed by atoms with E-state index in [1.165, 1.54) is 11.8 Å². The summed E-state index contributed by atoms with van der Waals surface area (Å²) in [6.07, 6.45) is 2.17. The molecule has 2 rings (SSSR count). The van der Waals surface area contributed by atoms with Crippen LogP contribution in [-0.4, -0.2) is 35.4 Å². The minimum Gasteiger partial charge on any atom is -0.494 e. The molecular weight excluding hydrogens is 326 g/mol. The zero-order valence-corrected chi connectivity index (χ0v) is 14.8. The van der Waals surface area contributed by atoms with Gasteiger partial charge in [0.25, 0.3) is 0 Å². The number of benzene rings is 1. The van der Waals surface area contributed by atoms with E-state index in [9.17, 15) is 9.59 Å². The summed E-state index contributed by atoms with van der Waals surface area (Å²) >= 11 is 1.33. The first kappa shape index (κ1) is 18.3. The fraction of sp³-hybridized carbons (Fsp3) is 0.471. The number of carbonyl (C=O) groups excluding carboxylic acids is 2. The highest BCUT2D eigenvalue weighted by Gasteiger charge is 2.31. The predicted molar refractivity (Wildman–Crippen MR) is 97.6 cm³/mol. The number of nitrogens with zero attached hydrogens (tertiary/aromatic N) is 1. The van der Waals surface area contributed by atoms with E-state index in [1.807, 2.05) is 6.92 Å². The van der Waals surface area contributed by atoms with Crippen molar-refractivity contribution in [3.63, 3.8) is 0 Å². The molecule has 1 atom stereocenters. The Balaban J connectivity index is 1.83. The molecule has 1 saturated heterocycles. The van der Waals surface area contributed by atoms with E-state index < -0.39 is 5.25 Å². The molecule has 24 heavy (non-hydrogen) atoms. The topological polar surface area (TPSA) is 79.8 Å². The lowest BCUT2D eigenvalue weighted by molar-refractivity contribution is -0.122. The monoisotopic (exact) mass is 349 g/mol. The number of thioether (sulfide) groups is 1. The molecule has 0 bridgehead atoms. The van der Waals surface area contributed by atoms with Crippen molar-refractivity contribution < 1.29 is 14.3 Å². The van der Waals surface area contributed by atoms with E-state index in [1.54, 1.807) is 24.3 Å². The Labute approximate surface area is 146 Å². The minimum atomic E-state index is -0.423. The first-order valence-electron chi connectivity index (χ1n) is 8.17. The third kappa shape index (κ3) is 5.56. The molecule has 2 N–H and O–H groups in total. The summed E-state index contributed by atoms with van der Waals surface area (Å²) in [4.78, 5) is 28.4. The highest BCUT2D eigenvalue weighted by Crippen LogP contribution is 2.23. The maximum absolute atomic E-state index is 12.1. The zero-order valence-electron chi connectivity index (χ0n) is 14.0. The maximum Gasteiger partial charge on any atom is 0.240 e. The van der Waals surface area contributed by atoms with Gasteiger partial charge in [0.1, 0.15) is 11.0 Å². The summed E-state index contributed by atoms with van der Waals surface area (Å²) in [5, 5.41) is 5.72. The van der Waals surface area contributed by atoms with Crippen LogP contribution >= 0.6 is 11.8 Å². The SMILES string of the molecule is CCCCN=C1NC(=O)C(CC(=O)Nc2ccc(OCC)cc2)S1. The molecule has 0 saturated carbocycles. The van der Waals surface area contributed by atoms with Crippen molar-refractivity contribution in [3.05, 3.63) is 24.3 Å². The van der Waals surface area contributed by atoms with Gasteiger partial charge in [0.15, 0.2) is 5.17 Å². The quantitative estimate of drug-likeness (QED) is 0.707. The van der Waals surface area contributed by atoms with Gasteiger partial charge in [-0.1, -0.05) is 25.1 Å². The number of carbonyl (C=O) groups is 2. The molecule has 1 fully saturated rings. The van der Waals surface area contributed by atoms with Crippen molar-refractivity contribution in [2.45, 2.75) is 38.4 Å². The Morgan fingerprint density at radius 1 is 1.33 bits per heavy atom. The number of hydrogen-bond acceptors (Lipinski definition) is 5. The average Bonchev–Trinajstić information content (AvgIpc) is 2.89. The Morgan fingerprint density at radius 3 is 2.75 bits per heavy atom. The number of hydrogen-bond donors (Lipinski definition) is 2. The number of nitrogens with one attached hydrogen (secondary N) is 2. The zero-order chi connectivity index (χ0) is 17.4. The Kier molecular flexibility index (Phi) is 7.11. The summed E-state index contributed by atoms with van der Waals surface area (Å²) < 4.78 is 5.36. The van der Waals surface area contributed by atoms with Crippen LogP contribution < -0.4 is 15.4 Å². The Bertz CT molecular complexity index is 602. The second kappa shape index (κ2) is 9.32. The molecule has 0 radical (unpaired) electrons. The molecule has 7 heteroatoms. The molecular formula is C17H23N3O3S. The van der Waals surface area contributed by atoms with Crippen molar-refractivity contribution in [3.8, 4) is 5.75 Å². The van der Waals surface area contributed by atoms with Crippen LogP contribution in [0.5, 0.6) is 5.75 Å². The molecule has 1 aromatic rings. The highest BCUT2D eigenvalue weighted by molar-refractivity contribution is 8.15. The average molecular weight is 349 g/mol. The number of rotatable bonds is 8. The molecule has 0 spiro atoms. The standard InChI is InChI=1S/C17H23N3O3S/c1-3-5-10-18-17-20-16(22)14(24-17)11-15(21)19-12-6-8-13(9-7-12)23-4-2/h6-9,14H,3-5,10-11H2,1-2H3,(H,19,21)(H,18,20,22). The number of aliphatic imine (C=N–C) groups is 1. The first-order chi connectivity index (χ1) is 11.6. The fourth-order valence-electron chi connectivity index (χ4n) is 2.14. The first-order valence-corrected chi connectivity index (χ1v) is 9.05. The molecule has 0 aliphatic carbocycles. The normalized spacial score (nSPS) is 18.5. The largest absolute Gasteiger partial charge is 0.494 e. The van der Waals surface area contributed by atoms with Crippen molar-refractivity contribution >= 4 is 34.4 Å². The summed E-state index contributed by atoms with van der Waals surface area (Å²) in [6, 6.07) is 7.16. The number of amidine groups is 1. The third-order valence-corrected chi connectivity index (χ3v) is 4.48. The highest BCUT2D eigenvalue weighted by atomic mass is 32.2. The van der Waals surface area contributed by atoms with Gasteiger partial charge in [-0.15, -0.1) is 0 Å². The summed E-state index contributed by atoms with van der Waals surface area (Å²) in [6.45, 7) is 5.31. The second-order valence-corrected chi connectivity index (χ2v) is 6.54. The maximum atomic E-state index is 12.1. The summed E-state index contributed by atoms with van der Waals surface area (Å²) in [5.74, 6) is 0.410. The molecule has 0 aromatic heterocycles. The summed E-state index contributed by atoms with van der Waals surface area (Å²) in [7, 11) is 0. The van der Waals surface area contributed by atoms with E-state index in [-0.39, 0.29) is 18.2 Å². The van der Waals surface area contributed by atoms with Crippen LogP contribution in [0.1, 0.15) is 33.1 Å². The van der Waals surface area contributed by atoms with Crippen LogP contribution in [0.2, 0.25) is 0 Å². The molecule has 6 nitrogen and oxygen atoms in total. The van der Waals surface area contributed by atoms with E-state index in [2.05, 4.69) is 22.5 Å². The van der Waals surface area contributed by atoms with Crippen molar-refractivity contribution in [2.75, 3.05) is 18.5 Å². The van der Waals surface area contributed by atoms with Crippen LogP contribution in [0.15, 0.2) is 29.3 Å². The van der Waals surface area contributed by atoms with Gasteiger partial charge < -0.3 is 15.4 Å². The van der Waals surface area contributed by atoms with Crippen LogP contribution in [0.4, 0.5) is 5.69 Å². The Morgan fingerprint density at radius 2 is 2.08 bits per heavy atom. The molecule has 130 valence electrons. The second-order valence-electron chi connectivity index (χ2n) is 5.35. The lowest BCUT2D eigenvalue weighted by atomic mass is 10.2. The van der Waals surface area contributed by atoms with Crippen LogP contribution in [0.25, 0.3) is 0 Å². The van der Waals surface area contributed by atoms with Crippen LogP contribution in [-0.2, 0) is 9.59 Å². The molecule has 2 amide bonds. The lowest BCUT2D eigenvalue weighted by Crippen LogP contribution is -2.28. The number of amides is 2. The van der Waals surface area contributed by atoms with Crippen LogP contribution in [0, 0.1) is 0 Å². The van der Waals surface area contributed by atoms with E-state index in [0.717, 1.165) is 18.6 Å². The van der Waals surface area contributed by atoms with Gasteiger partial charge in [-0.25, -0.2) is 0 Å². The van der Waals surface area contributed by atoms with Crippen LogP contribution in [0.3, 0.4) is 0 Å². The summed E-state index contributed by atoms with van der Waals surface area (Å²) in [5.41, 5.74) is 0.684. The van der Waals surface area contributed by atoms with Gasteiger partial charge in [0.05, 0.1) is 6.61 Å². The van der Waals surface area contributed by atoms with E-state index in [0.29, 0.717) is 24.0 Å². The minimum absolute atomic E-state index is 0.122. The lowest BCUT2D eigenvalue weighted by Gasteiger charge is -2.08. The molecule has 1 aliphatic heterocycles. The van der Waals surface area contributed by atoms with Gasteiger partial charge in [-0.2, -0.15) is 0 Å². The number of anilines is 1. The Hall–Kier alpha value is -2.02. The molecule has 1 heterocycles. The van der Waals surface area contributed by atoms with Gasteiger partial charge in [0.2, 0.25) is 11.8 Å². The molecule has 1 aromatic carbocycles. The van der Waals surface area contributed by atoms with E-state index in [4.69, 9.17) is 4.74 Å².